The Labute approximate surface area is 157 Å². The molecular formula is C18H11Cl2NO5. The van der Waals surface area contributed by atoms with Crippen LogP contribution in [0, 0.1) is 0 Å². The van der Waals surface area contributed by atoms with Gasteiger partial charge >= 0.3 is 11.9 Å². The van der Waals surface area contributed by atoms with E-state index in [-0.39, 0.29) is 16.8 Å². The highest BCUT2D eigenvalue weighted by molar-refractivity contribution is 6.31. The maximum atomic E-state index is 12.9. The lowest BCUT2D eigenvalue weighted by Crippen LogP contribution is -2.23. The quantitative estimate of drug-likeness (QED) is 0.450. The Hall–Kier alpha value is -2.83. The predicted octanol–water partition coefficient (Wildman–Crippen LogP) is 3.96. The SMILES string of the molecule is O=C(c1ccc(Cl)cc1)c1[nH]c2cc(Cl)ccc2c1C(C(=O)O)C(=O)O. The molecule has 3 rings (SSSR count). The molecule has 1 heterocycles. The molecule has 0 aliphatic rings. The van der Waals surface area contributed by atoms with Gasteiger partial charge in [0.15, 0.2) is 5.92 Å². The number of H-pyrrole nitrogens is 1. The molecule has 26 heavy (non-hydrogen) atoms. The van der Waals surface area contributed by atoms with Crippen LogP contribution in [0.25, 0.3) is 10.9 Å². The van der Waals surface area contributed by atoms with E-state index in [1.165, 1.54) is 42.5 Å². The van der Waals surface area contributed by atoms with Gasteiger partial charge in [-0.25, -0.2) is 0 Å². The van der Waals surface area contributed by atoms with E-state index in [2.05, 4.69) is 4.98 Å². The molecule has 0 bridgehead atoms. The average Bonchev–Trinajstić information content (AvgIpc) is 2.92. The van der Waals surface area contributed by atoms with Gasteiger partial charge in [0.05, 0.1) is 5.69 Å². The molecule has 0 spiro atoms. The Balaban J connectivity index is 2.28. The largest absolute Gasteiger partial charge is 0.480 e. The maximum Gasteiger partial charge on any atom is 0.322 e. The lowest BCUT2D eigenvalue weighted by Gasteiger charge is -2.10. The van der Waals surface area contributed by atoms with Gasteiger partial charge in [-0.15, -0.1) is 0 Å². The van der Waals surface area contributed by atoms with Crippen molar-refractivity contribution in [1.29, 1.82) is 0 Å². The summed E-state index contributed by atoms with van der Waals surface area (Å²) in [5.41, 5.74) is 0.385. The van der Waals surface area contributed by atoms with Gasteiger partial charge in [0.2, 0.25) is 5.78 Å². The number of carbonyl (C=O) groups excluding carboxylic acids is 1. The van der Waals surface area contributed by atoms with Crippen LogP contribution < -0.4 is 0 Å². The van der Waals surface area contributed by atoms with Gasteiger partial charge in [-0.2, -0.15) is 0 Å². The van der Waals surface area contributed by atoms with Crippen LogP contribution in [0.2, 0.25) is 10.0 Å². The van der Waals surface area contributed by atoms with E-state index in [0.29, 0.717) is 20.9 Å². The number of halogens is 2. The van der Waals surface area contributed by atoms with Crippen LogP contribution in [0.1, 0.15) is 27.5 Å². The van der Waals surface area contributed by atoms with Crippen LogP contribution in [-0.2, 0) is 9.59 Å². The van der Waals surface area contributed by atoms with Gasteiger partial charge in [0.25, 0.3) is 0 Å². The van der Waals surface area contributed by atoms with Crippen molar-refractivity contribution in [3.8, 4) is 0 Å². The summed E-state index contributed by atoms with van der Waals surface area (Å²) in [6, 6.07) is 10.5. The second kappa shape index (κ2) is 6.82. The summed E-state index contributed by atoms with van der Waals surface area (Å²) in [6.45, 7) is 0. The molecule has 3 N–H and O–H groups in total. The summed E-state index contributed by atoms with van der Waals surface area (Å²) in [5, 5.41) is 19.9. The minimum Gasteiger partial charge on any atom is -0.480 e. The molecule has 0 unspecified atom stereocenters. The van der Waals surface area contributed by atoms with Crippen LogP contribution in [0.5, 0.6) is 0 Å². The van der Waals surface area contributed by atoms with Crippen LogP contribution >= 0.6 is 23.2 Å². The number of aromatic amines is 1. The number of carbonyl (C=O) groups is 3. The van der Waals surface area contributed by atoms with E-state index >= 15 is 0 Å². The molecule has 8 heteroatoms. The first kappa shape index (κ1) is 18.0. The lowest BCUT2D eigenvalue weighted by atomic mass is 9.93. The molecule has 3 aromatic rings. The van der Waals surface area contributed by atoms with Crippen LogP contribution in [0.4, 0.5) is 0 Å². The van der Waals surface area contributed by atoms with Gasteiger partial charge in [0.1, 0.15) is 0 Å². The zero-order valence-corrected chi connectivity index (χ0v) is 14.5. The summed E-state index contributed by atoms with van der Waals surface area (Å²) in [7, 11) is 0. The molecule has 2 aromatic carbocycles. The van der Waals surface area contributed by atoms with Crippen molar-refractivity contribution in [3.05, 3.63) is 69.3 Å². The Morgan fingerprint density at radius 3 is 2.04 bits per heavy atom. The molecule has 1 aromatic heterocycles. The van der Waals surface area contributed by atoms with E-state index < -0.39 is 23.6 Å². The van der Waals surface area contributed by atoms with Gasteiger partial charge in [-0.1, -0.05) is 29.3 Å². The number of aliphatic carboxylic acids is 2. The third-order valence-corrected chi connectivity index (χ3v) is 4.40. The summed E-state index contributed by atoms with van der Waals surface area (Å²) < 4.78 is 0. The van der Waals surface area contributed by atoms with E-state index in [9.17, 15) is 24.6 Å². The highest BCUT2D eigenvalue weighted by Gasteiger charge is 2.35. The zero-order valence-electron chi connectivity index (χ0n) is 13.0. The topological polar surface area (TPSA) is 107 Å². The molecule has 0 fully saturated rings. The summed E-state index contributed by atoms with van der Waals surface area (Å²) >= 11 is 11.8. The molecule has 0 aliphatic heterocycles. The molecule has 6 nitrogen and oxygen atoms in total. The number of nitrogens with one attached hydrogen (secondary N) is 1. The van der Waals surface area contributed by atoms with Gasteiger partial charge in [-0.05, 0) is 36.4 Å². The van der Waals surface area contributed by atoms with Gasteiger partial charge < -0.3 is 15.2 Å². The summed E-state index contributed by atoms with van der Waals surface area (Å²) in [5.74, 6) is -5.59. The smallest absolute Gasteiger partial charge is 0.322 e. The van der Waals surface area contributed by atoms with Crippen molar-refractivity contribution >= 4 is 51.8 Å². The Morgan fingerprint density at radius 2 is 1.46 bits per heavy atom. The van der Waals surface area contributed by atoms with Crippen molar-refractivity contribution < 1.29 is 24.6 Å². The third kappa shape index (κ3) is 3.16. The molecular weight excluding hydrogens is 381 g/mol. The Morgan fingerprint density at radius 1 is 0.885 bits per heavy atom. The Bertz CT molecular complexity index is 1030. The minimum atomic E-state index is -1.91. The standard InChI is InChI=1S/C18H11Cl2NO5/c19-9-3-1-8(2-4-9)16(22)15-13(14(17(23)24)18(25)26)11-6-5-10(20)7-12(11)21-15/h1-7,14,21H,(H,23,24)(H,25,26). The zero-order chi connectivity index (χ0) is 19.0. The molecule has 0 saturated carbocycles. The summed E-state index contributed by atoms with van der Waals surface area (Å²) in [4.78, 5) is 38.8. The average molecular weight is 392 g/mol. The van der Waals surface area contributed by atoms with Gasteiger partial charge in [-0.3, -0.25) is 14.4 Å². The van der Waals surface area contributed by atoms with Crippen LogP contribution in [0.15, 0.2) is 42.5 Å². The maximum absolute atomic E-state index is 12.9. The van der Waals surface area contributed by atoms with Gasteiger partial charge in [0, 0.05) is 32.1 Å². The highest BCUT2D eigenvalue weighted by atomic mass is 35.5. The number of carboxylic acids is 2. The summed E-state index contributed by atoms with van der Waals surface area (Å²) in [6.07, 6.45) is 0. The molecule has 0 saturated heterocycles. The Kier molecular flexibility index (Phi) is 4.71. The van der Waals surface area contributed by atoms with Crippen molar-refractivity contribution in [1.82, 2.24) is 4.98 Å². The second-order valence-corrected chi connectivity index (χ2v) is 6.42. The van der Waals surface area contributed by atoms with Crippen molar-refractivity contribution in [2.75, 3.05) is 0 Å². The predicted molar refractivity (Wildman–Crippen MR) is 96.2 cm³/mol. The fourth-order valence-corrected chi connectivity index (χ4v) is 3.07. The number of benzene rings is 2. The van der Waals surface area contributed by atoms with E-state index in [1.807, 2.05) is 0 Å². The first-order valence-electron chi connectivity index (χ1n) is 7.36. The van der Waals surface area contributed by atoms with Crippen molar-refractivity contribution in [3.63, 3.8) is 0 Å². The first-order valence-corrected chi connectivity index (χ1v) is 8.12. The highest BCUT2D eigenvalue weighted by Crippen LogP contribution is 2.33. The fourth-order valence-electron chi connectivity index (χ4n) is 2.77. The number of hydrogen-bond donors (Lipinski definition) is 3. The second-order valence-electron chi connectivity index (χ2n) is 5.55. The number of rotatable bonds is 5. The van der Waals surface area contributed by atoms with Crippen LogP contribution in [0.3, 0.4) is 0 Å². The number of carboxylic acid groups (broad SMARTS) is 2. The van der Waals surface area contributed by atoms with Crippen LogP contribution in [-0.4, -0.2) is 32.9 Å². The van der Waals surface area contributed by atoms with Crippen molar-refractivity contribution in [2.24, 2.45) is 0 Å². The molecule has 0 atom stereocenters. The third-order valence-electron chi connectivity index (χ3n) is 3.92. The molecule has 0 amide bonds. The van der Waals surface area contributed by atoms with E-state index in [0.717, 1.165) is 0 Å². The fraction of sp³-hybridized carbons (Fsp3) is 0.0556. The number of aromatic nitrogens is 1. The number of ketones is 1. The monoisotopic (exact) mass is 391 g/mol. The number of hydrogen-bond acceptors (Lipinski definition) is 3. The molecule has 0 radical (unpaired) electrons. The van der Waals surface area contributed by atoms with E-state index in [1.54, 1.807) is 0 Å². The molecule has 132 valence electrons. The lowest BCUT2D eigenvalue weighted by molar-refractivity contribution is -0.149. The normalized spacial score (nSPS) is 11.0. The number of fused-ring (bicyclic) bond motifs is 1. The minimum absolute atomic E-state index is 0.112. The molecule has 0 aliphatic carbocycles. The first-order chi connectivity index (χ1) is 12.3. The van der Waals surface area contributed by atoms with E-state index in [4.69, 9.17) is 23.2 Å². The van der Waals surface area contributed by atoms with Crippen molar-refractivity contribution in [2.45, 2.75) is 5.92 Å².